The fourth-order valence-electron chi connectivity index (χ4n) is 4.57. The number of allylic oxidation sites excluding steroid dienone is 1. The molecule has 1 aliphatic rings. The standard InChI is InChI=1S/C28H22Cl2N2O4S/c1-4-36-27(34)22-15(2)31-28-32(26(33)21(37-28)14-17-9-7-11-19(29)24(17)30)25(22)23-18-10-6-5-8-16(18)12-13-20(23)35-3/h5-14,25H,4H2,1-3H3/b21-14+/t25-/m1/s1. The number of fused-ring (bicyclic) bond motifs is 2. The molecule has 0 saturated heterocycles. The summed E-state index contributed by atoms with van der Waals surface area (Å²) in [6.45, 7) is 3.68. The number of halogens is 2. The van der Waals surface area contributed by atoms with Crippen LogP contribution in [0.4, 0.5) is 0 Å². The second-order valence-electron chi connectivity index (χ2n) is 8.35. The van der Waals surface area contributed by atoms with E-state index in [-0.39, 0.29) is 17.7 Å². The van der Waals surface area contributed by atoms with Crippen LogP contribution in [0.5, 0.6) is 5.75 Å². The topological polar surface area (TPSA) is 69.9 Å². The summed E-state index contributed by atoms with van der Waals surface area (Å²) in [6.07, 6.45) is 1.69. The molecule has 0 bridgehead atoms. The van der Waals surface area contributed by atoms with Gasteiger partial charge in [-0.05, 0) is 48.4 Å². The first kappa shape index (κ1) is 25.3. The van der Waals surface area contributed by atoms with Gasteiger partial charge in [-0.15, -0.1) is 0 Å². The Kier molecular flexibility index (Phi) is 6.94. The molecule has 2 heterocycles. The molecule has 6 nitrogen and oxygen atoms in total. The Bertz CT molecular complexity index is 1770. The summed E-state index contributed by atoms with van der Waals surface area (Å²) in [5.41, 5.74) is 1.75. The fourth-order valence-corrected chi connectivity index (χ4v) is 5.97. The normalized spacial score (nSPS) is 15.5. The van der Waals surface area contributed by atoms with Gasteiger partial charge >= 0.3 is 5.97 Å². The predicted octanol–water partition coefficient (Wildman–Crippen LogP) is 5.27. The van der Waals surface area contributed by atoms with Crippen molar-refractivity contribution in [1.82, 2.24) is 4.57 Å². The highest BCUT2D eigenvalue weighted by atomic mass is 35.5. The van der Waals surface area contributed by atoms with E-state index in [9.17, 15) is 9.59 Å². The average Bonchev–Trinajstić information content (AvgIpc) is 3.19. The molecule has 0 fully saturated rings. The first-order chi connectivity index (χ1) is 17.8. The molecule has 0 aliphatic carbocycles. The van der Waals surface area contributed by atoms with Gasteiger partial charge in [-0.1, -0.05) is 77.0 Å². The Balaban J connectivity index is 1.86. The fraction of sp³-hybridized carbons (Fsp3) is 0.179. The summed E-state index contributed by atoms with van der Waals surface area (Å²) in [6, 6.07) is 16.0. The molecule has 188 valence electrons. The number of hydrogen-bond donors (Lipinski definition) is 0. The Morgan fingerprint density at radius 3 is 2.68 bits per heavy atom. The molecular weight excluding hydrogens is 531 g/mol. The second-order valence-corrected chi connectivity index (χ2v) is 10.1. The molecular formula is C28H22Cl2N2O4S. The van der Waals surface area contributed by atoms with Crippen LogP contribution in [-0.4, -0.2) is 24.3 Å². The van der Waals surface area contributed by atoms with Crippen LogP contribution in [0.15, 0.2) is 75.7 Å². The minimum Gasteiger partial charge on any atom is -0.496 e. The molecule has 0 N–H and O–H groups in total. The third-order valence-corrected chi connectivity index (χ3v) is 8.03. The number of benzene rings is 3. The lowest BCUT2D eigenvalue weighted by atomic mass is 9.90. The zero-order chi connectivity index (χ0) is 26.3. The van der Waals surface area contributed by atoms with E-state index in [1.807, 2.05) is 36.4 Å². The summed E-state index contributed by atoms with van der Waals surface area (Å²) in [5, 5.41) is 2.55. The largest absolute Gasteiger partial charge is 0.496 e. The molecule has 4 aromatic rings. The SMILES string of the molecule is CCOC(=O)C1=C(C)N=c2s/c(=C/c3cccc(Cl)c3Cl)c(=O)n2[C@H]1c1c(OC)ccc2ccccc12. The van der Waals surface area contributed by atoms with Crippen LogP contribution in [0.25, 0.3) is 16.8 Å². The number of thiazole rings is 1. The van der Waals surface area contributed by atoms with E-state index in [1.54, 1.807) is 49.8 Å². The number of carbonyl (C=O) groups excluding carboxylic acids is 1. The molecule has 0 amide bonds. The summed E-state index contributed by atoms with van der Waals surface area (Å²) in [4.78, 5) is 32.4. The average molecular weight is 553 g/mol. The van der Waals surface area contributed by atoms with E-state index in [1.165, 1.54) is 11.3 Å². The number of methoxy groups -OCH3 is 1. The molecule has 0 unspecified atom stereocenters. The van der Waals surface area contributed by atoms with Gasteiger partial charge in [0.25, 0.3) is 5.56 Å². The van der Waals surface area contributed by atoms with Crippen molar-refractivity contribution in [2.24, 2.45) is 4.99 Å². The Morgan fingerprint density at radius 1 is 1.14 bits per heavy atom. The van der Waals surface area contributed by atoms with Gasteiger partial charge < -0.3 is 9.47 Å². The Hall–Kier alpha value is -3.39. The highest BCUT2D eigenvalue weighted by molar-refractivity contribution is 7.07. The third-order valence-electron chi connectivity index (χ3n) is 6.21. The lowest BCUT2D eigenvalue weighted by molar-refractivity contribution is -0.139. The van der Waals surface area contributed by atoms with Gasteiger partial charge in [0.2, 0.25) is 0 Å². The molecule has 37 heavy (non-hydrogen) atoms. The third kappa shape index (κ3) is 4.37. The van der Waals surface area contributed by atoms with Gasteiger partial charge in [-0.25, -0.2) is 9.79 Å². The first-order valence-corrected chi connectivity index (χ1v) is 13.1. The number of rotatable bonds is 5. The van der Waals surface area contributed by atoms with E-state index in [0.717, 1.165) is 10.8 Å². The number of aromatic nitrogens is 1. The van der Waals surface area contributed by atoms with Gasteiger partial charge in [0, 0.05) is 5.56 Å². The summed E-state index contributed by atoms with van der Waals surface area (Å²) >= 11 is 13.8. The maximum absolute atomic E-state index is 14.0. The predicted molar refractivity (Wildman–Crippen MR) is 147 cm³/mol. The minimum absolute atomic E-state index is 0.187. The Labute approximate surface area is 226 Å². The van der Waals surface area contributed by atoms with Gasteiger partial charge in [-0.3, -0.25) is 9.36 Å². The lowest BCUT2D eigenvalue weighted by Crippen LogP contribution is -2.40. The lowest BCUT2D eigenvalue weighted by Gasteiger charge is -2.27. The molecule has 1 aliphatic heterocycles. The number of ether oxygens (including phenoxy) is 2. The van der Waals surface area contributed by atoms with Crippen molar-refractivity contribution in [2.75, 3.05) is 13.7 Å². The maximum atomic E-state index is 14.0. The minimum atomic E-state index is -0.812. The smallest absolute Gasteiger partial charge is 0.338 e. The monoisotopic (exact) mass is 552 g/mol. The maximum Gasteiger partial charge on any atom is 0.338 e. The zero-order valence-corrected chi connectivity index (χ0v) is 22.6. The summed E-state index contributed by atoms with van der Waals surface area (Å²) in [7, 11) is 1.57. The first-order valence-electron chi connectivity index (χ1n) is 11.5. The highest BCUT2D eigenvalue weighted by Gasteiger charge is 2.36. The van der Waals surface area contributed by atoms with Crippen molar-refractivity contribution in [3.8, 4) is 5.75 Å². The van der Waals surface area contributed by atoms with Crippen LogP contribution < -0.4 is 19.6 Å². The van der Waals surface area contributed by atoms with Crippen molar-refractivity contribution < 1.29 is 14.3 Å². The van der Waals surface area contributed by atoms with Crippen LogP contribution >= 0.6 is 34.5 Å². The molecule has 9 heteroatoms. The number of nitrogens with zero attached hydrogens (tertiary/aromatic N) is 2. The second kappa shape index (κ2) is 10.2. The molecule has 0 radical (unpaired) electrons. The van der Waals surface area contributed by atoms with Crippen LogP contribution in [0.3, 0.4) is 0 Å². The molecule has 0 spiro atoms. The zero-order valence-electron chi connectivity index (χ0n) is 20.2. The van der Waals surface area contributed by atoms with Crippen LogP contribution in [0.1, 0.15) is 31.0 Å². The van der Waals surface area contributed by atoms with E-state index in [2.05, 4.69) is 4.99 Å². The Morgan fingerprint density at radius 2 is 1.92 bits per heavy atom. The van der Waals surface area contributed by atoms with E-state index in [0.29, 0.717) is 42.0 Å². The van der Waals surface area contributed by atoms with Crippen molar-refractivity contribution >= 4 is 57.4 Å². The quantitative estimate of drug-likeness (QED) is 0.316. The number of esters is 1. The van der Waals surface area contributed by atoms with Gasteiger partial charge in [0.15, 0.2) is 4.80 Å². The number of hydrogen-bond acceptors (Lipinski definition) is 6. The molecule has 3 aromatic carbocycles. The van der Waals surface area contributed by atoms with E-state index in [4.69, 9.17) is 32.7 Å². The van der Waals surface area contributed by atoms with Gasteiger partial charge in [0.05, 0.1) is 39.6 Å². The van der Waals surface area contributed by atoms with E-state index >= 15 is 0 Å². The van der Waals surface area contributed by atoms with Crippen molar-refractivity contribution in [3.63, 3.8) is 0 Å². The van der Waals surface area contributed by atoms with Crippen LogP contribution in [0, 0.1) is 0 Å². The highest BCUT2D eigenvalue weighted by Crippen LogP contribution is 2.40. The van der Waals surface area contributed by atoms with E-state index < -0.39 is 12.0 Å². The molecule has 5 rings (SSSR count). The molecule has 1 aromatic heterocycles. The van der Waals surface area contributed by atoms with Crippen molar-refractivity contribution in [2.45, 2.75) is 19.9 Å². The molecule has 1 atom stereocenters. The summed E-state index contributed by atoms with van der Waals surface area (Å²) < 4.78 is 13.1. The van der Waals surface area contributed by atoms with Gasteiger partial charge in [-0.2, -0.15) is 0 Å². The van der Waals surface area contributed by atoms with Crippen LogP contribution in [0.2, 0.25) is 10.0 Å². The summed E-state index contributed by atoms with van der Waals surface area (Å²) in [5.74, 6) is 0.0172. The van der Waals surface area contributed by atoms with Crippen LogP contribution in [-0.2, 0) is 9.53 Å². The number of carbonyl (C=O) groups is 1. The van der Waals surface area contributed by atoms with Crippen molar-refractivity contribution in [3.05, 3.63) is 107 Å². The van der Waals surface area contributed by atoms with Crippen molar-refractivity contribution in [1.29, 1.82) is 0 Å². The molecule has 0 saturated carbocycles. The van der Waals surface area contributed by atoms with Gasteiger partial charge in [0.1, 0.15) is 11.8 Å².